The van der Waals surface area contributed by atoms with Crippen molar-refractivity contribution in [2.75, 3.05) is 34.2 Å². The molecule has 2 aromatic rings. The SMILES string of the molecule is COc1cc(OC)c(/C=C/[S+]([O-])CC2([N+](=O)[O-])C=C(C(=O)O)C(c3ccccc3OC)C([N+](=O)[O-])=C2)c(OC)c1. The molecule has 3 rings (SSSR count). The Hall–Kier alpha value is -4.56. The fourth-order valence-electron chi connectivity index (χ4n) is 4.33. The highest BCUT2D eigenvalue weighted by atomic mass is 32.2. The number of carbonyl (C=O) groups is 1. The minimum Gasteiger partial charge on any atom is -0.612 e. The van der Waals surface area contributed by atoms with Gasteiger partial charge in [-0.25, -0.2) is 4.79 Å². The summed E-state index contributed by atoms with van der Waals surface area (Å²) in [4.78, 5) is 35.0. The zero-order valence-corrected chi connectivity index (χ0v) is 22.7. The molecule has 0 aliphatic heterocycles. The quantitative estimate of drug-likeness (QED) is 0.222. The van der Waals surface area contributed by atoms with E-state index in [4.69, 9.17) is 18.9 Å². The van der Waals surface area contributed by atoms with Crippen LogP contribution >= 0.6 is 0 Å². The molecule has 0 saturated heterocycles. The molecule has 0 amide bonds. The zero-order valence-electron chi connectivity index (χ0n) is 21.9. The summed E-state index contributed by atoms with van der Waals surface area (Å²) in [5.74, 6) is -2.69. The molecule has 212 valence electrons. The van der Waals surface area contributed by atoms with Crippen LogP contribution in [-0.2, 0) is 16.0 Å². The number of methoxy groups -OCH3 is 4. The highest BCUT2D eigenvalue weighted by Crippen LogP contribution is 2.43. The lowest BCUT2D eigenvalue weighted by atomic mass is 9.78. The van der Waals surface area contributed by atoms with Crippen LogP contribution in [0.15, 0.2) is 65.2 Å². The summed E-state index contributed by atoms with van der Waals surface area (Å²) in [5, 5.41) is 35.6. The lowest BCUT2D eigenvalue weighted by Crippen LogP contribution is -2.45. The highest BCUT2D eigenvalue weighted by molar-refractivity contribution is 7.94. The summed E-state index contributed by atoms with van der Waals surface area (Å²) >= 11 is -2.12. The summed E-state index contributed by atoms with van der Waals surface area (Å²) < 4.78 is 34.3. The van der Waals surface area contributed by atoms with Crippen molar-refractivity contribution in [1.29, 1.82) is 0 Å². The molecule has 3 unspecified atom stereocenters. The maximum Gasteiger partial charge on any atom is 0.332 e. The van der Waals surface area contributed by atoms with E-state index in [0.29, 0.717) is 22.8 Å². The Morgan fingerprint density at radius 1 is 1.00 bits per heavy atom. The highest BCUT2D eigenvalue weighted by Gasteiger charge is 2.53. The number of hydrogen-bond donors (Lipinski definition) is 1. The fraction of sp³-hybridized carbons (Fsp3) is 0.269. The van der Waals surface area contributed by atoms with Gasteiger partial charge in [-0.2, -0.15) is 0 Å². The molecule has 14 heteroatoms. The van der Waals surface area contributed by atoms with Crippen LogP contribution < -0.4 is 18.9 Å². The van der Waals surface area contributed by atoms with Crippen molar-refractivity contribution in [3.05, 3.63) is 96.6 Å². The number of hydrogen-bond acceptors (Lipinski definition) is 10. The second-order valence-corrected chi connectivity index (χ2v) is 9.75. The Bertz CT molecular complexity index is 1350. The number of carboxylic acids is 1. The molecule has 0 saturated carbocycles. The Balaban J connectivity index is 2.10. The molecule has 0 radical (unpaired) electrons. The second-order valence-electron chi connectivity index (χ2n) is 8.43. The van der Waals surface area contributed by atoms with Gasteiger partial charge in [0.1, 0.15) is 34.3 Å². The first-order valence-electron chi connectivity index (χ1n) is 11.5. The average molecular weight is 575 g/mol. The molecule has 1 N–H and O–H groups in total. The van der Waals surface area contributed by atoms with E-state index in [-0.39, 0.29) is 11.3 Å². The molecule has 0 heterocycles. The van der Waals surface area contributed by atoms with E-state index in [9.17, 15) is 34.7 Å². The lowest BCUT2D eigenvalue weighted by molar-refractivity contribution is -0.537. The van der Waals surface area contributed by atoms with Crippen LogP contribution in [0.2, 0.25) is 0 Å². The predicted octanol–water partition coefficient (Wildman–Crippen LogP) is 3.42. The van der Waals surface area contributed by atoms with Crippen LogP contribution in [0.1, 0.15) is 17.0 Å². The van der Waals surface area contributed by atoms with Crippen molar-refractivity contribution in [2.24, 2.45) is 0 Å². The molecule has 1 aliphatic carbocycles. The van der Waals surface area contributed by atoms with Gasteiger partial charge in [0.25, 0.3) is 5.70 Å². The predicted molar refractivity (Wildman–Crippen MR) is 144 cm³/mol. The molecule has 0 spiro atoms. The van der Waals surface area contributed by atoms with Crippen LogP contribution in [-0.4, -0.2) is 65.2 Å². The molecule has 3 atom stereocenters. The van der Waals surface area contributed by atoms with E-state index in [1.54, 1.807) is 18.2 Å². The van der Waals surface area contributed by atoms with Gasteiger partial charge in [-0.15, -0.1) is 0 Å². The fourth-order valence-corrected chi connectivity index (χ4v) is 5.44. The molecular weight excluding hydrogens is 548 g/mol. The number of aliphatic carboxylic acids is 1. The zero-order chi connectivity index (χ0) is 29.6. The normalized spacial score (nSPS) is 19.3. The third-order valence-electron chi connectivity index (χ3n) is 6.17. The van der Waals surface area contributed by atoms with Gasteiger partial charge in [0, 0.05) is 34.8 Å². The molecule has 13 nitrogen and oxygen atoms in total. The van der Waals surface area contributed by atoms with Crippen molar-refractivity contribution in [2.45, 2.75) is 11.5 Å². The molecule has 0 fully saturated rings. The summed E-state index contributed by atoms with van der Waals surface area (Å²) in [6.07, 6.45) is 2.91. The third-order valence-corrected chi connectivity index (χ3v) is 7.36. The van der Waals surface area contributed by atoms with Crippen molar-refractivity contribution in [3.8, 4) is 23.0 Å². The number of benzene rings is 2. The number of nitrogens with zero attached hydrogens (tertiary/aromatic N) is 2. The van der Waals surface area contributed by atoms with Gasteiger partial charge in [-0.1, -0.05) is 18.2 Å². The van der Waals surface area contributed by atoms with Crippen LogP contribution in [0.5, 0.6) is 23.0 Å². The third kappa shape index (κ3) is 6.02. The molecular formula is C26H26N2O11S. The smallest absolute Gasteiger partial charge is 0.332 e. The van der Waals surface area contributed by atoms with Crippen molar-refractivity contribution in [1.82, 2.24) is 0 Å². The monoisotopic (exact) mass is 574 g/mol. The maximum atomic E-state index is 13.1. The van der Waals surface area contributed by atoms with E-state index in [2.05, 4.69) is 0 Å². The summed E-state index contributed by atoms with van der Waals surface area (Å²) in [5.41, 5.74) is -3.33. The maximum absolute atomic E-state index is 13.1. The Morgan fingerprint density at radius 2 is 1.60 bits per heavy atom. The van der Waals surface area contributed by atoms with Gasteiger partial charge in [-0.05, 0) is 17.2 Å². The van der Waals surface area contributed by atoms with E-state index < -0.39 is 55.5 Å². The van der Waals surface area contributed by atoms with Crippen molar-refractivity contribution in [3.63, 3.8) is 0 Å². The summed E-state index contributed by atoms with van der Waals surface area (Å²) in [7, 11) is 5.55. The second kappa shape index (κ2) is 12.5. The van der Waals surface area contributed by atoms with Gasteiger partial charge in [0.05, 0.1) is 50.6 Å². The van der Waals surface area contributed by atoms with Gasteiger partial charge in [0.2, 0.25) is 0 Å². The van der Waals surface area contributed by atoms with E-state index in [0.717, 1.165) is 17.6 Å². The topological polar surface area (TPSA) is 184 Å². The molecule has 0 bridgehead atoms. The first-order chi connectivity index (χ1) is 19.0. The first-order valence-corrected chi connectivity index (χ1v) is 12.9. The first kappa shape index (κ1) is 30.0. The number of carboxylic acid groups (broad SMARTS) is 1. The number of allylic oxidation sites excluding steroid dienone is 1. The molecule has 40 heavy (non-hydrogen) atoms. The van der Waals surface area contributed by atoms with Crippen molar-refractivity contribution >= 4 is 23.2 Å². The minimum absolute atomic E-state index is 0.137. The average Bonchev–Trinajstić information content (AvgIpc) is 2.94. The Labute approximate surface area is 231 Å². The number of ether oxygens (including phenoxy) is 4. The molecule has 2 aromatic carbocycles. The number of rotatable bonds is 12. The van der Waals surface area contributed by atoms with E-state index in [1.807, 2.05) is 0 Å². The largest absolute Gasteiger partial charge is 0.612 e. The van der Waals surface area contributed by atoms with Crippen LogP contribution in [0.25, 0.3) is 6.08 Å². The van der Waals surface area contributed by atoms with Crippen LogP contribution in [0.3, 0.4) is 0 Å². The standard InChI is InChI=1S/C26H26N2O11S/c1-36-16-11-22(38-3)17(23(12-16)39-4)9-10-40(35)15-26(28(33)34)13-19(25(29)30)24(20(14-26)27(31)32)18-7-5-6-8-21(18)37-2/h5-14,24H,15H2,1-4H3,(H,29,30)/b10-9+. The van der Waals surface area contributed by atoms with Gasteiger partial charge < -0.3 is 28.6 Å². The van der Waals surface area contributed by atoms with Crippen LogP contribution in [0.4, 0.5) is 0 Å². The molecule has 0 aromatic heterocycles. The lowest BCUT2D eigenvalue weighted by Gasteiger charge is -2.27. The summed E-state index contributed by atoms with van der Waals surface area (Å²) in [6, 6.07) is 9.16. The molecule has 1 aliphatic rings. The van der Waals surface area contributed by atoms with Gasteiger partial charge >= 0.3 is 11.5 Å². The summed E-state index contributed by atoms with van der Waals surface area (Å²) in [6.45, 7) is 0. The Morgan fingerprint density at radius 3 is 2.10 bits per heavy atom. The van der Waals surface area contributed by atoms with E-state index in [1.165, 1.54) is 52.7 Å². The van der Waals surface area contributed by atoms with E-state index >= 15 is 0 Å². The minimum atomic E-state index is -2.46. The number of nitro groups is 2. The van der Waals surface area contributed by atoms with Crippen molar-refractivity contribution < 1.29 is 43.2 Å². The van der Waals surface area contributed by atoms with Crippen LogP contribution in [0, 0.1) is 20.2 Å². The Kier molecular flexibility index (Phi) is 9.39. The number of para-hydroxylation sites is 1. The van der Waals surface area contributed by atoms with Gasteiger partial charge in [0.15, 0.2) is 5.75 Å². The van der Waals surface area contributed by atoms with Gasteiger partial charge in [-0.3, -0.25) is 20.2 Å².